The predicted molar refractivity (Wildman–Crippen MR) is 55.9 cm³/mol. The highest BCUT2D eigenvalue weighted by Crippen LogP contribution is 2.26. The third-order valence-corrected chi connectivity index (χ3v) is 3.19. The van der Waals surface area contributed by atoms with E-state index in [0.29, 0.717) is 18.5 Å². The Morgan fingerprint density at radius 2 is 2.00 bits per heavy atom. The number of hydrogen-bond donors (Lipinski definition) is 4. The zero-order chi connectivity index (χ0) is 10.6. The van der Waals surface area contributed by atoms with E-state index >= 15 is 0 Å². The predicted octanol–water partition coefficient (Wildman–Crippen LogP) is -0.553. The van der Waals surface area contributed by atoms with E-state index in [4.69, 9.17) is 15.9 Å². The highest BCUT2D eigenvalue weighted by atomic mass is 16.3. The van der Waals surface area contributed by atoms with Crippen LogP contribution in [0.4, 0.5) is 0 Å². The Bertz CT molecular complexity index is 172. The third-order valence-electron chi connectivity index (χ3n) is 3.19. The Labute approximate surface area is 85.5 Å². The van der Waals surface area contributed by atoms with Crippen molar-refractivity contribution in [2.24, 2.45) is 11.7 Å². The topological polar surface area (TPSA) is 78.5 Å². The lowest BCUT2D eigenvalue weighted by atomic mass is 9.98. The summed E-state index contributed by atoms with van der Waals surface area (Å²) in [7, 11) is 0. The molecule has 0 aromatic heterocycles. The van der Waals surface area contributed by atoms with Crippen molar-refractivity contribution in [3.05, 3.63) is 0 Å². The van der Waals surface area contributed by atoms with E-state index in [2.05, 4.69) is 5.32 Å². The SMILES string of the molecule is CC(CO)(CO)NC1CCCC1CN. The summed E-state index contributed by atoms with van der Waals surface area (Å²) in [6.45, 7) is 2.43. The summed E-state index contributed by atoms with van der Waals surface area (Å²) >= 11 is 0. The van der Waals surface area contributed by atoms with Crippen molar-refractivity contribution in [2.75, 3.05) is 19.8 Å². The average molecular weight is 202 g/mol. The van der Waals surface area contributed by atoms with Crippen LogP contribution in [0.15, 0.2) is 0 Å². The third kappa shape index (κ3) is 2.67. The first kappa shape index (κ1) is 11.9. The maximum atomic E-state index is 9.15. The minimum atomic E-state index is -0.567. The monoisotopic (exact) mass is 202 g/mol. The van der Waals surface area contributed by atoms with Crippen molar-refractivity contribution in [2.45, 2.75) is 37.8 Å². The van der Waals surface area contributed by atoms with E-state index in [-0.39, 0.29) is 13.2 Å². The van der Waals surface area contributed by atoms with Gasteiger partial charge in [0.05, 0.1) is 18.8 Å². The molecule has 0 aliphatic heterocycles. The summed E-state index contributed by atoms with van der Waals surface area (Å²) < 4.78 is 0. The van der Waals surface area contributed by atoms with Gasteiger partial charge in [-0.05, 0) is 32.2 Å². The number of hydrogen-bond acceptors (Lipinski definition) is 4. The van der Waals surface area contributed by atoms with Crippen LogP contribution in [0, 0.1) is 5.92 Å². The molecule has 1 rings (SSSR count). The lowest BCUT2D eigenvalue weighted by Crippen LogP contribution is -2.55. The molecule has 0 saturated heterocycles. The zero-order valence-corrected chi connectivity index (χ0v) is 8.87. The highest BCUT2D eigenvalue weighted by Gasteiger charge is 2.32. The van der Waals surface area contributed by atoms with Crippen LogP contribution in [0.2, 0.25) is 0 Å². The van der Waals surface area contributed by atoms with Gasteiger partial charge >= 0.3 is 0 Å². The lowest BCUT2D eigenvalue weighted by molar-refractivity contribution is 0.0890. The maximum Gasteiger partial charge on any atom is 0.0633 e. The molecule has 1 saturated carbocycles. The molecule has 2 atom stereocenters. The molecule has 0 radical (unpaired) electrons. The standard InChI is InChI=1S/C10H22N2O2/c1-10(6-13,7-14)12-9-4-2-3-8(9)5-11/h8-9,12-14H,2-7,11H2,1H3. The summed E-state index contributed by atoms with van der Waals surface area (Å²) in [5, 5.41) is 21.6. The number of nitrogens with two attached hydrogens (primary N) is 1. The Hall–Kier alpha value is -0.160. The molecule has 1 aliphatic rings. The first-order valence-corrected chi connectivity index (χ1v) is 5.34. The van der Waals surface area contributed by atoms with Crippen LogP contribution in [-0.2, 0) is 0 Å². The van der Waals surface area contributed by atoms with Crippen molar-refractivity contribution in [3.63, 3.8) is 0 Å². The van der Waals surface area contributed by atoms with Gasteiger partial charge in [0, 0.05) is 6.04 Å². The smallest absolute Gasteiger partial charge is 0.0633 e. The second-order valence-corrected chi connectivity index (χ2v) is 4.55. The molecule has 0 heterocycles. The number of nitrogens with one attached hydrogen (secondary N) is 1. The molecule has 14 heavy (non-hydrogen) atoms. The van der Waals surface area contributed by atoms with Crippen LogP contribution in [0.5, 0.6) is 0 Å². The first-order valence-electron chi connectivity index (χ1n) is 5.34. The Morgan fingerprint density at radius 3 is 2.50 bits per heavy atom. The molecule has 0 spiro atoms. The molecule has 0 aromatic rings. The largest absolute Gasteiger partial charge is 0.394 e. The van der Waals surface area contributed by atoms with E-state index in [9.17, 15) is 0 Å². The molecule has 1 aliphatic carbocycles. The summed E-state index contributed by atoms with van der Waals surface area (Å²) in [5.41, 5.74) is 5.09. The summed E-state index contributed by atoms with van der Waals surface area (Å²) in [6.07, 6.45) is 3.44. The van der Waals surface area contributed by atoms with Crippen LogP contribution in [-0.4, -0.2) is 41.6 Å². The zero-order valence-electron chi connectivity index (χ0n) is 8.87. The van der Waals surface area contributed by atoms with E-state index in [0.717, 1.165) is 12.8 Å². The molecule has 0 aromatic carbocycles. The fourth-order valence-corrected chi connectivity index (χ4v) is 2.10. The van der Waals surface area contributed by atoms with Gasteiger partial charge in [-0.2, -0.15) is 0 Å². The van der Waals surface area contributed by atoms with E-state index in [1.54, 1.807) is 0 Å². The second-order valence-electron chi connectivity index (χ2n) is 4.55. The molecule has 5 N–H and O–H groups in total. The maximum absolute atomic E-state index is 9.15. The van der Waals surface area contributed by atoms with Crippen LogP contribution in [0.1, 0.15) is 26.2 Å². The van der Waals surface area contributed by atoms with Gasteiger partial charge in [0.15, 0.2) is 0 Å². The molecule has 84 valence electrons. The Morgan fingerprint density at radius 1 is 1.36 bits per heavy atom. The van der Waals surface area contributed by atoms with Crippen LogP contribution >= 0.6 is 0 Å². The van der Waals surface area contributed by atoms with E-state index in [1.165, 1.54) is 6.42 Å². The first-order chi connectivity index (χ1) is 6.65. The lowest BCUT2D eigenvalue weighted by Gasteiger charge is -2.32. The summed E-state index contributed by atoms with van der Waals surface area (Å²) in [4.78, 5) is 0. The Balaban J connectivity index is 2.49. The Kier molecular flexibility index (Phi) is 4.31. The molecular weight excluding hydrogens is 180 g/mol. The van der Waals surface area contributed by atoms with Crippen LogP contribution in [0.25, 0.3) is 0 Å². The molecule has 0 bridgehead atoms. The summed E-state index contributed by atoms with van der Waals surface area (Å²) in [6, 6.07) is 0.351. The van der Waals surface area contributed by atoms with Gasteiger partial charge in [0.1, 0.15) is 0 Å². The summed E-state index contributed by atoms with van der Waals surface area (Å²) in [5.74, 6) is 0.493. The van der Waals surface area contributed by atoms with Crippen molar-refractivity contribution in [3.8, 4) is 0 Å². The number of aliphatic hydroxyl groups is 2. The van der Waals surface area contributed by atoms with E-state index < -0.39 is 5.54 Å². The minimum absolute atomic E-state index is 0.0444. The van der Waals surface area contributed by atoms with E-state index in [1.807, 2.05) is 6.92 Å². The van der Waals surface area contributed by atoms with Gasteiger partial charge in [-0.3, -0.25) is 0 Å². The van der Waals surface area contributed by atoms with Gasteiger partial charge in [-0.25, -0.2) is 0 Å². The second kappa shape index (κ2) is 5.07. The van der Waals surface area contributed by atoms with Gasteiger partial charge < -0.3 is 21.3 Å². The van der Waals surface area contributed by atoms with Crippen LogP contribution < -0.4 is 11.1 Å². The quantitative estimate of drug-likeness (QED) is 0.482. The molecule has 1 fully saturated rings. The number of rotatable bonds is 5. The van der Waals surface area contributed by atoms with Gasteiger partial charge in [-0.15, -0.1) is 0 Å². The highest BCUT2D eigenvalue weighted by molar-refractivity contribution is 4.91. The van der Waals surface area contributed by atoms with Crippen molar-refractivity contribution in [1.29, 1.82) is 0 Å². The van der Waals surface area contributed by atoms with Crippen molar-refractivity contribution >= 4 is 0 Å². The normalized spacial score (nSPS) is 28.3. The fraction of sp³-hybridized carbons (Fsp3) is 1.00. The molecule has 4 nitrogen and oxygen atoms in total. The minimum Gasteiger partial charge on any atom is -0.394 e. The van der Waals surface area contributed by atoms with Gasteiger partial charge in [0.25, 0.3) is 0 Å². The van der Waals surface area contributed by atoms with Crippen molar-refractivity contribution in [1.82, 2.24) is 5.32 Å². The van der Waals surface area contributed by atoms with Crippen LogP contribution in [0.3, 0.4) is 0 Å². The van der Waals surface area contributed by atoms with Crippen molar-refractivity contribution < 1.29 is 10.2 Å². The van der Waals surface area contributed by atoms with Gasteiger partial charge in [-0.1, -0.05) is 6.42 Å². The molecule has 4 heteroatoms. The molecule has 2 unspecified atom stereocenters. The molecular formula is C10H22N2O2. The van der Waals surface area contributed by atoms with Gasteiger partial charge in [0.2, 0.25) is 0 Å². The fourth-order valence-electron chi connectivity index (χ4n) is 2.10. The molecule has 0 amide bonds. The number of aliphatic hydroxyl groups excluding tert-OH is 2. The average Bonchev–Trinajstić information content (AvgIpc) is 2.65.